The summed E-state index contributed by atoms with van der Waals surface area (Å²) in [5.74, 6) is 0.700. The Bertz CT molecular complexity index is 989. The van der Waals surface area contributed by atoms with Crippen LogP contribution in [0.25, 0.3) is 6.08 Å². The third kappa shape index (κ3) is 4.84. The molecule has 0 fully saturated rings. The second kappa shape index (κ2) is 8.80. The van der Waals surface area contributed by atoms with E-state index in [-0.39, 0.29) is 11.5 Å². The number of nitrogens with one attached hydrogen (secondary N) is 2. The molecule has 1 aliphatic rings. The smallest absolute Gasteiger partial charge is 0.266 e. The van der Waals surface area contributed by atoms with Gasteiger partial charge in [0.25, 0.3) is 5.91 Å². The molecule has 2 amide bonds. The molecule has 1 aliphatic heterocycles. The van der Waals surface area contributed by atoms with Crippen molar-refractivity contribution < 1.29 is 23.8 Å². The Morgan fingerprint density at radius 1 is 1.10 bits per heavy atom. The maximum absolute atomic E-state index is 12.5. The van der Waals surface area contributed by atoms with Gasteiger partial charge in [-0.25, -0.2) is 0 Å². The number of fused-ring (bicyclic) bond motifs is 1. The minimum atomic E-state index is -0.561. The van der Waals surface area contributed by atoms with Crippen molar-refractivity contribution in [1.82, 2.24) is 0 Å². The van der Waals surface area contributed by atoms with Crippen molar-refractivity contribution in [2.24, 2.45) is 0 Å². The zero-order chi connectivity index (χ0) is 20.8. The van der Waals surface area contributed by atoms with Crippen LogP contribution in [0.3, 0.4) is 0 Å². The third-order valence-corrected chi connectivity index (χ3v) is 3.99. The zero-order valence-corrected chi connectivity index (χ0v) is 15.9. The van der Waals surface area contributed by atoms with E-state index in [2.05, 4.69) is 10.6 Å². The summed E-state index contributed by atoms with van der Waals surface area (Å²) in [5, 5.41) is 14.7. The summed E-state index contributed by atoms with van der Waals surface area (Å²) in [7, 11) is 1.50. The van der Waals surface area contributed by atoms with Gasteiger partial charge in [0.1, 0.15) is 24.9 Å². The number of nitriles is 1. The molecule has 0 aromatic heterocycles. The monoisotopic (exact) mass is 393 g/mol. The molecule has 148 valence electrons. The van der Waals surface area contributed by atoms with E-state index in [9.17, 15) is 14.9 Å². The van der Waals surface area contributed by atoms with Crippen LogP contribution in [-0.4, -0.2) is 32.1 Å². The number of rotatable bonds is 5. The molecule has 2 aromatic carbocycles. The molecule has 0 aliphatic carbocycles. The van der Waals surface area contributed by atoms with Gasteiger partial charge in [0.2, 0.25) is 11.7 Å². The number of carbonyl (C=O) groups is 2. The van der Waals surface area contributed by atoms with Crippen LogP contribution < -0.4 is 24.8 Å². The molecule has 0 saturated carbocycles. The number of anilines is 2. The maximum Gasteiger partial charge on any atom is 0.266 e. The van der Waals surface area contributed by atoms with Crippen molar-refractivity contribution in [3.8, 4) is 23.3 Å². The van der Waals surface area contributed by atoms with Crippen molar-refractivity contribution in [1.29, 1.82) is 5.26 Å². The lowest BCUT2D eigenvalue weighted by Crippen LogP contribution is -2.16. The number of hydrogen-bond acceptors (Lipinski definition) is 6. The minimum absolute atomic E-state index is 0.0883. The fourth-order valence-corrected chi connectivity index (χ4v) is 2.73. The molecule has 29 heavy (non-hydrogen) atoms. The molecular weight excluding hydrogens is 374 g/mol. The number of methoxy groups -OCH3 is 1. The Balaban J connectivity index is 1.80. The highest BCUT2D eigenvalue weighted by Gasteiger charge is 2.19. The Kier molecular flexibility index (Phi) is 6.00. The van der Waals surface area contributed by atoms with Crippen LogP contribution in [0.5, 0.6) is 17.2 Å². The van der Waals surface area contributed by atoms with Crippen LogP contribution in [0.4, 0.5) is 11.4 Å². The number of benzene rings is 2. The topological polar surface area (TPSA) is 110 Å². The lowest BCUT2D eigenvalue weighted by molar-refractivity contribution is -0.114. The van der Waals surface area contributed by atoms with Crippen LogP contribution in [0, 0.1) is 11.3 Å². The van der Waals surface area contributed by atoms with Gasteiger partial charge in [0, 0.05) is 18.3 Å². The van der Waals surface area contributed by atoms with Gasteiger partial charge < -0.3 is 24.8 Å². The summed E-state index contributed by atoms with van der Waals surface area (Å²) < 4.78 is 16.4. The van der Waals surface area contributed by atoms with Crippen molar-refractivity contribution in [3.63, 3.8) is 0 Å². The van der Waals surface area contributed by atoms with E-state index in [0.29, 0.717) is 47.4 Å². The van der Waals surface area contributed by atoms with Crippen molar-refractivity contribution in [2.45, 2.75) is 6.92 Å². The minimum Gasteiger partial charge on any atom is -0.493 e. The van der Waals surface area contributed by atoms with E-state index < -0.39 is 5.91 Å². The van der Waals surface area contributed by atoms with Gasteiger partial charge in [-0.05, 0) is 48.0 Å². The van der Waals surface area contributed by atoms with Gasteiger partial charge in [-0.2, -0.15) is 5.26 Å². The number of amides is 2. The lowest BCUT2D eigenvalue weighted by Gasteiger charge is -2.21. The quantitative estimate of drug-likeness (QED) is 0.597. The largest absolute Gasteiger partial charge is 0.493 e. The van der Waals surface area contributed by atoms with Crippen molar-refractivity contribution >= 4 is 29.3 Å². The summed E-state index contributed by atoms with van der Waals surface area (Å²) in [5.41, 5.74) is 1.58. The number of hydrogen-bond donors (Lipinski definition) is 2. The molecule has 3 rings (SSSR count). The fourth-order valence-electron chi connectivity index (χ4n) is 2.73. The first-order valence-corrected chi connectivity index (χ1v) is 8.78. The van der Waals surface area contributed by atoms with Crippen molar-refractivity contribution in [2.75, 3.05) is 31.0 Å². The molecule has 2 N–H and O–H groups in total. The Hall–Kier alpha value is -3.99. The van der Waals surface area contributed by atoms with E-state index in [4.69, 9.17) is 14.2 Å². The maximum atomic E-state index is 12.5. The van der Waals surface area contributed by atoms with Gasteiger partial charge in [0.15, 0.2) is 11.5 Å². The molecule has 2 aromatic rings. The fraction of sp³-hybridized carbons (Fsp3) is 0.190. The molecule has 1 heterocycles. The second-order valence-electron chi connectivity index (χ2n) is 6.13. The van der Waals surface area contributed by atoms with Gasteiger partial charge in [-0.15, -0.1) is 0 Å². The van der Waals surface area contributed by atoms with Gasteiger partial charge in [-0.3, -0.25) is 9.59 Å². The summed E-state index contributed by atoms with van der Waals surface area (Å²) in [4.78, 5) is 23.6. The zero-order valence-electron chi connectivity index (χ0n) is 15.9. The van der Waals surface area contributed by atoms with Crippen LogP contribution in [0.2, 0.25) is 0 Å². The molecule has 0 saturated heterocycles. The highest BCUT2D eigenvalue weighted by molar-refractivity contribution is 6.09. The van der Waals surface area contributed by atoms with E-state index >= 15 is 0 Å². The summed E-state index contributed by atoms with van der Waals surface area (Å²) in [6.45, 7) is 2.24. The van der Waals surface area contributed by atoms with Gasteiger partial charge in [0.05, 0.1) is 7.11 Å². The number of nitrogens with zero attached hydrogens (tertiary/aromatic N) is 1. The second-order valence-corrected chi connectivity index (χ2v) is 6.13. The van der Waals surface area contributed by atoms with Gasteiger partial charge >= 0.3 is 0 Å². The predicted octanol–water partition coefficient (Wildman–Crippen LogP) is 2.97. The molecule has 0 bridgehead atoms. The predicted molar refractivity (Wildman–Crippen MR) is 107 cm³/mol. The molecule has 8 heteroatoms. The Morgan fingerprint density at radius 3 is 2.38 bits per heavy atom. The van der Waals surface area contributed by atoms with Crippen LogP contribution in [0.15, 0.2) is 42.0 Å². The van der Waals surface area contributed by atoms with E-state index in [1.165, 1.54) is 20.1 Å². The summed E-state index contributed by atoms with van der Waals surface area (Å²) in [6, 6.07) is 11.8. The van der Waals surface area contributed by atoms with E-state index in [1.54, 1.807) is 36.4 Å². The molecule has 0 radical (unpaired) electrons. The SMILES string of the molecule is COc1cc(/C=C(\C#N)C(=O)Nc2ccc(NC(C)=O)cc2)cc2c1OCCO2. The van der Waals surface area contributed by atoms with Crippen LogP contribution in [0.1, 0.15) is 12.5 Å². The van der Waals surface area contributed by atoms with Crippen LogP contribution in [-0.2, 0) is 9.59 Å². The van der Waals surface area contributed by atoms with E-state index in [0.717, 1.165) is 0 Å². The highest BCUT2D eigenvalue weighted by Crippen LogP contribution is 2.40. The summed E-state index contributed by atoms with van der Waals surface area (Å²) in [6.07, 6.45) is 1.45. The number of carbonyl (C=O) groups excluding carboxylic acids is 2. The van der Waals surface area contributed by atoms with E-state index in [1.807, 2.05) is 6.07 Å². The average Bonchev–Trinajstić information content (AvgIpc) is 2.72. The van der Waals surface area contributed by atoms with Gasteiger partial charge in [-0.1, -0.05) is 0 Å². The first-order chi connectivity index (χ1) is 14.0. The third-order valence-electron chi connectivity index (χ3n) is 3.99. The molecular formula is C21H19N3O5. The Labute approximate surface area is 167 Å². The molecule has 0 atom stereocenters. The normalized spacial score (nSPS) is 12.5. The molecule has 0 spiro atoms. The molecule has 8 nitrogen and oxygen atoms in total. The number of ether oxygens (including phenoxy) is 3. The lowest BCUT2D eigenvalue weighted by atomic mass is 10.1. The average molecular weight is 393 g/mol. The standard InChI is InChI=1S/C21H19N3O5/c1-13(25)23-16-3-5-17(6-4-16)24-21(26)15(12-22)9-14-10-18(27-2)20-19(11-14)28-7-8-29-20/h3-6,9-11H,7-8H2,1-2H3,(H,23,25)(H,24,26)/b15-9+. The Morgan fingerprint density at radius 2 is 1.76 bits per heavy atom. The highest BCUT2D eigenvalue weighted by atomic mass is 16.6. The first kappa shape index (κ1) is 19.8. The van der Waals surface area contributed by atoms with Crippen molar-refractivity contribution in [3.05, 3.63) is 47.5 Å². The summed E-state index contributed by atoms with van der Waals surface area (Å²) >= 11 is 0. The van der Waals surface area contributed by atoms with Crippen LogP contribution >= 0.6 is 0 Å². The first-order valence-electron chi connectivity index (χ1n) is 8.78. The molecule has 0 unspecified atom stereocenters.